The van der Waals surface area contributed by atoms with E-state index in [9.17, 15) is 8.42 Å². The van der Waals surface area contributed by atoms with Gasteiger partial charge in [-0.25, -0.2) is 18.1 Å². The lowest BCUT2D eigenvalue weighted by Gasteiger charge is -2.04. The van der Waals surface area contributed by atoms with Crippen LogP contribution in [0.25, 0.3) is 0 Å². The topological polar surface area (TPSA) is 59.1 Å². The number of aromatic nitrogens is 1. The van der Waals surface area contributed by atoms with Crippen molar-refractivity contribution >= 4 is 37.6 Å². The Morgan fingerprint density at radius 1 is 1.57 bits per heavy atom. The van der Waals surface area contributed by atoms with Crippen LogP contribution < -0.4 is 4.72 Å². The molecular weight excluding hydrogens is 292 g/mol. The molecule has 0 aliphatic carbocycles. The first-order chi connectivity index (χ1) is 6.45. The van der Waals surface area contributed by atoms with E-state index in [1.54, 1.807) is 6.92 Å². The summed E-state index contributed by atoms with van der Waals surface area (Å²) in [5.74, 6) is 0. The van der Waals surface area contributed by atoms with Gasteiger partial charge in [-0.05, 0) is 12.1 Å². The number of sulfonamides is 1. The van der Waals surface area contributed by atoms with Gasteiger partial charge in [-0.15, -0.1) is 0 Å². The molecule has 0 aliphatic rings. The first-order valence-corrected chi connectivity index (χ1v) is 6.44. The Hall–Kier alpha value is -0.170. The monoisotopic (exact) mass is 298 g/mol. The van der Waals surface area contributed by atoms with Gasteiger partial charge < -0.3 is 0 Å². The molecule has 0 bridgehead atoms. The van der Waals surface area contributed by atoms with Gasteiger partial charge in [-0.1, -0.05) is 34.5 Å². The highest BCUT2D eigenvalue weighted by molar-refractivity contribution is 9.10. The van der Waals surface area contributed by atoms with Gasteiger partial charge in [0.25, 0.3) is 10.0 Å². The van der Waals surface area contributed by atoms with Crippen LogP contribution in [0.1, 0.15) is 6.92 Å². The van der Waals surface area contributed by atoms with E-state index in [-0.39, 0.29) is 10.2 Å². The molecule has 0 aliphatic heterocycles. The maximum Gasteiger partial charge on any atom is 0.258 e. The highest BCUT2D eigenvalue weighted by Gasteiger charge is 2.15. The third kappa shape index (κ3) is 2.91. The zero-order valence-electron chi connectivity index (χ0n) is 7.29. The van der Waals surface area contributed by atoms with Gasteiger partial charge in [0.1, 0.15) is 5.15 Å². The SMILES string of the molecule is CCNS(=O)(=O)c1cc(Br)cc(Cl)n1. The molecule has 0 atom stereocenters. The van der Waals surface area contributed by atoms with Gasteiger partial charge in [0.15, 0.2) is 5.03 Å². The first kappa shape index (κ1) is 11.9. The second-order valence-electron chi connectivity index (χ2n) is 2.45. The van der Waals surface area contributed by atoms with Crippen LogP contribution in [0.4, 0.5) is 0 Å². The van der Waals surface area contributed by atoms with Crippen molar-refractivity contribution < 1.29 is 8.42 Å². The molecule has 7 heteroatoms. The molecular formula is C7H8BrClN2O2S. The molecule has 0 radical (unpaired) electrons. The second-order valence-corrected chi connectivity index (χ2v) is 5.46. The molecule has 1 aromatic rings. The van der Waals surface area contributed by atoms with Crippen molar-refractivity contribution in [2.45, 2.75) is 11.9 Å². The van der Waals surface area contributed by atoms with Crippen molar-refractivity contribution in [3.8, 4) is 0 Å². The highest BCUT2D eigenvalue weighted by atomic mass is 79.9. The van der Waals surface area contributed by atoms with E-state index in [4.69, 9.17) is 11.6 Å². The fraction of sp³-hybridized carbons (Fsp3) is 0.286. The van der Waals surface area contributed by atoms with Crippen molar-refractivity contribution in [2.24, 2.45) is 0 Å². The Balaban J connectivity index is 3.19. The van der Waals surface area contributed by atoms with Crippen LogP contribution >= 0.6 is 27.5 Å². The molecule has 0 aromatic carbocycles. The van der Waals surface area contributed by atoms with Crippen molar-refractivity contribution in [1.82, 2.24) is 9.71 Å². The molecule has 0 amide bonds. The third-order valence-electron chi connectivity index (χ3n) is 1.35. The van der Waals surface area contributed by atoms with Crippen molar-refractivity contribution in [3.63, 3.8) is 0 Å². The number of nitrogens with one attached hydrogen (secondary N) is 1. The first-order valence-electron chi connectivity index (χ1n) is 3.78. The molecule has 0 spiro atoms. The summed E-state index contributed by atoms with van der Waals surface area (Å²) in [4.78, 5) is 3.71. The lowest BCUT2D eigenvalue weighted by molar-refractivity contribution is 0.580. The predicted molar refractivity (Wildman–Crippen MR) is 57.8 cm³/mol. The average Bonchev–Trinajstić information content (AvgIpc) is 2.02. The predicted octanol–water partition coefficient (Wildman–Crippen LogP) is 1.80. The average molecular weight is 300 g/mol. The van der Waals surface area contributed by atoms with E-state index in [1.165, 1.54) is 12.1 Å². The van der Waals surface area contributed by atoms with Crippen molar-refractivity contribution in [3.05, 3.63) is 21.8 Å². The Morgan fingerprint density at radius 2 is 2.21 bits per heavy atom. The van der Waals surface area contributed by atoms with Crippen LogP contribution in [0, 0.1) is 0 Å². The zero-order valence-corrected chi connectivity index (χ0v) is 10.4. The van der Waals surface area contributed by atoms with Crippen molar-refractivity contribution in [1.29, 1.82) is 0 Å². The summed E-state index contributed by atoms with van der Waals surface area (Å²) in [5.41, 5.74) is 0. The molecule has 14 heavy (non-hydrogen) atoms. The zero-order chi connectivity index (χ0) is 10.8. The molecule has 0 saturated heterocycles. The molecule has 0 unspecified atom stereocenters. The van der Waals surface area contributed by atoms with E-state index in [2.05, 4.69) is 25.6 Å². The van der Waals surface area contributed by atoms with E-state index in [0.717, 1.165) is 0 Å². The van der Waals surface area contributed by atoms with Crippen LogP contribution in [0.15, 0.2) is 21.6 Å². The minimum absolute atomic E-state index is 0.0845. The summed E-state index contributed by atoms with van der Waals surface area (Å²) in [5, 5.41) is 0.0505. The number of nitrogens with zero attached hydrogens (tertiary/aromatic N) is 1. The minimum atomic E-state index is -3.53. The van der Waals surface area contributed by atoms with Crippen molar-refractivity contribution in [2.75, 3.05) is 6.54 Å². The number of hydrogen-bond acceptors (Lipinski definition) is 3. The van der Waals surface area contributed by atoms with E-state index in [1.807, 2.05) is 0 Å². The lowest BCUT2D eigenvalue weighted by atomic mass is 10.5. The summed E-state index contributed by atoms with van der Waals surface area (Å²) in [6.07, 6.45) is 0. The fourth-order valence-electron chi connectivity index (χ4n) is 0.845. The Kier molecular flexibility index (Phi) is 3.88. The van der Waals surface area contributed by atoms with Crippen LogP contribution in [-0.2, 0) is 10.0 Å². The molecule has 78 valence electrons. The van der Waals surface area contributed by atoms with Crippen LogP contribution in [0.2, 0.25) is 5.15 Å². The minimum Gasteiger partial charge on any atom is -0.223 e. The second kappa shape index (κ2) is 4.57. The van der Waals surface area contributed by atoms with Gasteiger partial charge in [0.05, 0.1) is 0 Å². The van der Waals surface area contributed by atoms with Gasteiger partial charge in [-0.3, -0.25) is 0 Å². The summed E-state index contributed by atoms with van der Waals surface area (Å²) in [6.45, 7) is 2.01. The van der Waals surface area contributed by atoms with Gasteiger partial charge in [0.2, 0.25) is 0 Å². The van der Waals surface area contributed by atoms with Crippen LogP contribution in [-0.4, -0.2) is 19.9 Å². The number of pyridine rings is 1. The largest absolute Gasteiger partial charge is 0.258 e. The van der Waals surface area contributed by atoms with Gasteiger partial charge >= 0.3 is 0 Å². The number of halogens is 2. The highest BCUT2D eigenvalue weighted by Crippen LogP contribution is 2.18. The number of hydrogen-bond donors (Lipinski definition) is 1. The lowest BCUT2D eigenvalue weighted by Crippen LogP contribution is -2.24. The Labute approximate surface area is 95.9 Å². The van der Waals surface area contributed by atoms with Crippen LogP contribution in [0.3, 0.4) is 0 Å². The van der Waals surface area contributed by atoms with E-state index in [0.29, 0.717) is 11.0 Å². The van der Waals surface area contributed by atoms with Gasteiger partial charge in [0, 0.05) is 11.0 Å². The summed E-state index contributed by atoms with van der Waals surface area (Å²) >= 11 is 8.76. The Morgan fingerprint density at radius 3 is 2.71 bits per heavy atom. The molecule has 1 N–H and O–H groups in total. The maximum atomic E-state index is 11.5. The van der Waals surface area contributed by atoms with E-state index < -0.39 is 10.0 Å². The third-order valence-corrected chi connectivity index (χ3v) is 3.43. The van der Waals surface area contributed by atoms with Gasteiger partial charge in [-0.2, -0.15) is 0 Å². The smallest absolute Gasteiger partial charge is 0.223 e. The summed E-state index contributed by atoms with van der Waals surface area (Å²) in [6, 6.07) is 2.91. The van der Waals surface area contributed by atoms with E-state index >= 15 is 0 Å². The summed E-state index contributed by atoms with van der Waals surface area (Å²) < 4.78 is 25.9. The molecule has 0 fully saturated rings. The molecule has 0 saturated carbocycles. The maximum absolute atomic E-state index is 11.5. The number of rotatable bonds is 3. The Bertz CT molecular complexity index is 415. The molecule has 4 nitrogen and oxygen atoms in total. The van der Waals surface area contributed by atoms with Crippen LogP contribution in [0.5, 0.6) is 0 Å². The fourth-order valence-corrected chi connectivity index (χ4v) is 2.85. The molecule has 1 aromatic heterocycles. The quantitative estimate of drug-likeness (QED) is 0.866. The normalized spacial score (nSPS) is 11.6. The summed E-state index contributed by atoms with van der Waals surface area (Å²) in [7, 11) is -3.53. The standard InChI is InChI=1S/C7H8BrClN2O2S/c1-2-10-14(12,13)7-4-5(8)3-6(9)11-7/h3-4,10H,2H2,1H3. The molecule has 1 rings (SSSR count). The molecule has 1 heterocycles.